The molecule has 7 nitrogen and oxygen atoms in total. The van der Waals surface area contributed by atoms with E-state index in [0.717, 1.165) is 33.0 Å². The molecule has 1 atom stereocenters. The number of thiazole rings is 1. The highest BCUT2D eigenvalue weighted by Gasteiger charge is 2.33. The van der Waals surface area contributed by atoms with Crippen LogP contribution >= 0.6 is 27.3 Å². The van der Waals surface area contributed by atoms with Gasteiger partial charge in [0.15, 0.2) is 16.3 Å². The number of hydrogen-bond donors (Lipinski definition) is 0. The minimum atomic E-state index is -0.658. The van der Waals surface area contributed by atoms with E-state index in [1.165, 1.54) is 11.3 Å². The first-order valence-electron chi connectivity index (χ1n) is 14.5. The van der Waals surface area contributed by atoms with Crippen LogP contribution in [0.15, 0.2) is 104 Å². The largest absolute Gasteiger partial charge is 0.493 e. The number of halogens is 1. The molecule has 1 aliphatic rings. The standard InChI is InChI=1S/C36H31BrN2O5S/c1-5-43-35(41)31-22(3)38-36-39(32(31)25-15-13-21(2)14-16-25)34(40)30(45-36)19-23-17-28(37)33(29(18-23)42-4)44-20-26-11-8-10-24-9-6-7-12-27(24)26/h6-19,32H,5,20H2,1-4H3. The smallest absolute Gasteiger partial charge is 0.338 e. The maximum atomic E-state index is 14.0. The van der Waals surface area contributed by atoms with Crippen molar-refractivity contribution in [3.8, 4) is 11.5 Å². The Morgan fingerprint density at radius 2 is 1.80 bits per heavy atom. The van der Waals surface area contributed by atoms with Crippen LogP contribution in [0.3, 0.4) is 0 Å². The lowest BCUT2D eigenvalue weighted by Crippen LogP contribution is -2.39. The van der Waals surface area contributed by atoms with Crippen molar-refractivity contribution < 1.29 is 19.0 Å². The molecule has 228 valence electrons. The fourth-order valence-electron chi connectivity index (χ4n) is 5.54. The number of allylic oxidation sites excluding steroid dienone is 1. The third kappa shape index (κ3) is 5.98. The molecule has 2 heterocycles. The Morgan fingerprint density at radius 1 is 1.04 bits per heavy atom. The first-order chi connectivity index (χ1) is 21.8. The van der Waals surface area contributed by atoms with Crippen molar-refractivity contribution in [3.05, 3.63) is 137 Å². The van der Waals surface area contributed by atoms with Crippen molar-refractivity contribution >= 4 is 50.1 Å². The zero-order valence-electron chi connectivity index (χ0n) is 25.3. The average molecular weight is 684 g/mol. The van der Waals surface area contributed by atoms with Gasteiger partial charge in [-0.2, -0.15) is 0 Å². The van der Waals surface area contributed by atoms with Gasteiger partial charge in [-0.1, -0.05) is 83.6 Å². The van der Waals surface area contributed by atoms with Gasteiger partial charge < -0.3 is 14.2 Å². The van der Waals surface area contributed by atoms with Crippen molar-refractivity contribution in [2.24, 2.45) is 4.99 Å². The molecule has 0 bridgehead atoms. The molecule has 0 N–H and O–H groups in total. The van der Waals surface area contributed by atoms with Gasteiger partial charge in [0.1, 0.15) is 6.61 Å². The summed E-state index contributed by atoms with van der Waals surface area (Å²) < 4.78 is 20.2. The molecule has 0 radical (unpaired) electrons. The van der Waals surface area contributed by atoms with Crippen LogP contribution in [0.25, 0.3) is 16.8 Å². The number of esters is 1. The van der Waals surface area contributed by atoms with Crippen molar-refractivity contribution in [1.29, 1.82) is 0 Å². The van der Waals surface area contributed by atoms with Gasteiger partial charge in [-0.05, 0) is 82.4 Å². The Hall–Kier alpha value is -4.47. The SMILES string of the molecule is CCOC(=O)C1=C(C)N=c2sc(=Cc3cc(Br)c(OCc4cccc5ccccc45)c(OC)c3)c(=O)n2C1c1ccc(C)cc1. The van der Waals surface area contributed by atoms with Crippen LogP contribution in [0.5, 0.6) is 11.5 Å². The highest BCUT2D eigenvalue weighted by Crippen LogP contribution is 2.38. The number of benzene rings is 4. The molecule has 4 aromatic carbocycles. The highest BCUT2D eigenvalue weighted by atomic mass is 79.9. The molecular weight excluding hydrogens is 652 g/mol. The summed E-state index contributed by atoms with van der Waals surface area (Å²) in [5, 5.41) is 2.28. The zero-order chi connectivity index (χ0) is 31.7. The number of rotatable bonds is 8. The Kier molecular flexibility index (Phi) is 8.74. The van der Waals surface area contributed by atoms with E-state index in [1.807, 2.05) is 61.5 Å². The van der Waals surface area contributed by atoms with Crippen LogP contribution in [0, 0.1) is 6.92 Å². The summed E-state index contributed by atoms with van der Waals surface area (Å²) >= 11 is 4.94. The molecule has 1 unspecified atom stereocenters. The second kappa shape index (κ2) is 12.9. The minimum Gasteiger partial charge on any atom is -0.493 e. The first-order valence-corrected chi connectivity index (χ1v) is 16.1. The van der Waals surface area contributed by atoms with Gasteiger partial charge >= 0.3 is 5.97 Å². The molecule has 0 spiro atoms. The van der Waals surface area contributed by atoms with E-state index in [4.69, 9.17) is 14.2 Å². The molecule has 0 saturated carbocycles. The molecular formula is C36H31BrN2O5S. The lowest BCUT2D eigenvalue weighted by atomic mass is 9.95. The predicted molar refractivity (Wildman–Crippen MR) is 181 cm³/mol. The van der Waals surface area contributed by atoms with Gasteiger partial charge in [0.25, 0.3) is 5.56 Å². The topological polar surface area (TPSA) is 79.1 Å². The molecule has 0 aliphatic carbocycles. The van der Waals surface area contributed by atoms with Gasteiger partial charge in [0.05, 0.1) is 40.0 Å². The van der Waals surface area contributed by atoms with Crippen molar-refractivity contribution in [1.82, 2.24) is 4.57 Å². The number of aryl methyl sites for hydroxylation is 1. The maximum absolute atomic E-state index is 14.0. The Morgan fingerprint density at radius 3 is 2.56 bits per heavy atom. The number of methoxy groups -OCH3 is 1. The molecule has 0 saturated heterocycles. The molecule has 5 aromatic rings. The fraction of sp³-hybridized carbons (Fsp3) is 0.194. The van der Waals surface area contributed by atoms with Crippen LogP contribution < -0.4 is 24.4 Å². The molecule has 0 fully saturated rings. The quantitative estimate of drug-likeness (QED) is 0.172. The van der Waals surface area contributed by atoms with Gasteiger partial charge in [-0.15, -0.1) is 0 Å². The number of ether oxygens (including phenoxy) is 3. The Bertz CT molecular complexity index is 2140. The van der Waals surface area contributed by atoms with E-state index in [-0.39, 0.29) is 12.2 Å². The van der Waals surface area contributed by atoms with E-state index in [0.29, 0.717) is 43.2 Å². The van der Waals surface area contributed by atoms with Crippen LogP contribution in [-0.2, 0) is 16.1 Å². The number of fused-ring (bicyclic) bond motifs is 2. The molecule has 1 aromatic heterocycles. The molecule has 1 aliphatic heterocycles. The number of carbonyl (C=O) groups is 1. The van der Waals surface area contributed by atoms with Gasteiger partial charge in [-0.3, -0.25) is 9.36 Å². The highest BCUT2D eigenvalue weighted by molar-refractivity contribution is 9.10. The maximum Gasteiger partial charge on any atom is 0.338 e. The number of carbonyl (C=O) groups excluding carboxylic acids is 1. The van der Waals surface area contributed by atoms with Gasteiger partial charge in [0, 0.05) is 0 Å². The summed E-state index contributed by atoms with van der Waals surface area (Å²) in [7, 11) is 1.59. The van der Waals surface area contributed by atoms with Crippen molar-refractivity contribution in [2.45, 2.75) is 33.4 Å². The molecule has 0 amide bonds. The third-order valence-corrected chi connectivity index (χ3v) is 9.28. The number of hydrogen-bond acceptors (Lipinski definition) is 7. The van der Waals surface area contributed by atoms with Crippen LogP contribution in [0.1, 0.15) is 42.1 Å². The molecule has 9 heteroatoms. The fourth-order valence-corrected chi connectivity index (χ4v) is 7.16. The van der Waals surface area contributed by atoms with E-state index in [2.05, 4.69) is 45.2 Å². The summed E-state index contributed by atoms with van der Waals surface area (Å²) in [5.74, 6) is 0.617. The second-order valence-corrected chi connectivity index (χ2v) is 12.5. The molecule has 6 rings (SSSR count). The lowest BCUT2D eigenvalue weighted by molar-refractivity contribution is -0.139. The summed E-state index contributed by atoms with van der Waals surface area (Å²) in [6.45, 7) is 6.11. The Balaban J connectivity index is 1.39. The number of aromatic nitrogens is 1. The van der Waals surface area contributed by atoms with Crippen molar-refractivity contribution in [3.63, 3.8) is 0 Å². The minimum absolute atomic E-state index is 0.221. The summed E-state index contributed by atoms with van der Waals surface area (Å²) in [4.78, 5) is 32.3. The van der Waals surface area contributed by atoms with E-state index >= 15 is 0 Å². The number of nitrogens with zero attached hydrogens (tertiary/aromatic N) is 2. The summed E-state index contributed by atoms with van der Waals surface area (Å²) in [6.07, 6.45) is 1.81. The molecule has 45 heavy (non-hydrogen) atoms. The van der Waals surface area contributed by atoms with E-state index in [1.54, 1.807) is 31.6 Å². The normalized spacial score (nSPS) is 14.7. The first kappa shape index (κ1) is 30.6. The van der Waals surface area contributed by atoms with Gasteiger partial charge in [-0.25, -0.2) is 9.79 Å². The van der Waals surface area contributed by atoms with Crippen LogP contribution in [-0.4, -0.2) is 24.3 Å². The lowest BCUT2D eigenvalue weighted by Gasteiger charge is -2.24. The monoisotopic (exact) mass is 682 g/mol. The van der Waals surface area contributed by atoms with Crippen LogP contribution in [0.2, 0.25) is 0 Å². The summed E-state index contributed by atoms with van der Waals surface area (Å²) in [5.41, 5.74) is 4.34. The van der Waals surface area contributed by atoms with Crippen molar-refractivity contribution in [2.75, 3.05) is 13.7 Å². The third-order valence-electron chi connectivity index (χ3n) is 7.71. The van der Waals surface area contributed by atoms with E-state index < -0.39 is 12.0 Å². The van der Waals surface area contributed by atoms with Gasteiger partial charge in [0.2, 0.25) is 0 Å². The zero-order valence-corrected chi connectivity index (χ0v) is 27.7. The summed E-state index contributed by atoms with van der Waals surface area (Å²) in [6, 6.07) is 25.2. The predicted octanol–water partition coefficient (Wildman–Crippen LogP) is 6.61. The Labute approximate surface area is 272 Å². The average Bonchev–Trinajstić information content (AvgIpc) is 3.33. The van der Waals surface area contributed by atoms with Crippen LogP contribution in [0.4, 0.5) is 0 Å². The second-order valence-electron chi connectivity index (χ2n) is 10.7. The van der Waals surface area contributed by atoms with E-state index in [9.17, 15) is 9.59 Å².